The minimum atomic E-state index is 0.994. The molecule has 1 heterocycles. The zero-order valence-corrected chi connectivity index (χ0v) is 16.1. The van der Waals surface area contributed by atoms with Crippen LogP contribution in [0.3, 0.4) is 0 Å². The molecule has 0 N–H and O–H groups in total. The van der Waals surface area contributed by atoms with Gasteiger partial charge in [0.1, 0.15) is 0 Å². The van der Waals surface area contributed by atoms with Crippen molar-refractivity contribution in [2.75, 3.05) is 23.9 Å². The van der Waals surface area contributed by atoms with E-state index < -0.39 is 0 Å². The fraction of sp³-hybridized carbons (Fsp3) is 0.167. The Bertz CT molecular complexity index is 911. The van der Waals surface area contributed by atoms with Gasteiger partial charge in [-0.15, -0.1) is 0 Å². The number of rotatable bonds is 4. The first-order valence-corrected chi connectivity index (χ1v) is 8.80. The second kappa shape index (κ2) is 7.09. The van der Waals surface area contributed by atoms with Gasteiger partial charge in [-0.25, -0.2) is 0 Å². The van der Waals surface area contributed by atoms with Crippen LogP contribution in [-0.2, 0) is 0 Å². The third kappa shape index (κ3) is 3.36. The van der Waals surface area contributed by atoms with Gasteiger partial charge in [0.15, 0.2) is 0 Å². The first-order valence-electron chi connectivity index (χ1n) is 8.80. The highest BCUT2D eigenvalue weighted by molar-refractivity contribution is 5.88. The summed E-state index contributed by atoms with van der Waals surface area (Å²) in [5.41, 5.74) is 8.97. The monoisotopic (exact) mass is 342 g/mol. The molecule has 0 aliphatic carbocycles. The first kappa shape index (κ1) is 17.8. The van der Waals surface area contributed by atoms with Crippen molar-refractivity contribution < 1.29 is 0 Å². The minimum absolute atomic E-state index is 0.994. The summed E-state index contributed by atoms with van der Waals surface area (Å²) in [6.45, 7) is 12.5. The van der Waals surface area contributed by atoms with Crippen molar-refractivity contribution in [3.63, 3.8) is 0 Å². The third-order valence-corrected chi connectivity index (χ3v) is 4.69. The Labute approximate surface area is 157 Å². The normalized spacial score (nSPS) is 14.0. The molecule has 132 valence electrons. The Balaban J connectivity index is 2.12. The molecule has 2 nitrogen and oxygen atoms in total. The molecule has 3 rings (SSSR count). The second-order valence-electron chi connectivity index (χ2n) is 6.98. The topological polar surface area (TPSA) is 6.48 Å². The fourth-order valence-electron chi connectivity index (χ4n) is 3.16. The van der Waals surface area contributed by atoms with Crippen molar-refractivity contribution in [2.45, 2.75) is 13.8 Å². The minimum Gasteiger partial charge on any atom is -0.378 e. The van der Waals surface area contributed by atoms with Crippen LogP contribution < -0.4 is 9.80 Å². The number of anilines is 2. The molecule has 0 saturated carbocycles. The summed E-state index contributed by atoms with van der Waals surface area (Å²) in [7, 11) is 4.11. The summed E-state index contributed by atoms with van der Waals surface area (Å²) in [5.74, 6) is 0. The molecular weight excluding hydrogens is 316 g/mol. The average Bonchev–Trinajstić information content (AvgIpc) is 2.62. The van der Waals surface area contributed by atoms with E-state index in [1.807, 2.05) is 6.92 Å². The molecule has 0 radical (unpaired) electrons. The van der Waals surface area contributed by atoms with Crippen LogP contribution in [0.5, 0.6) is 0 Å². The van der Waals surface area contributed by atoms with E-state index in [1.54, 1.807) is 0 Å². The smallest absolute Gasteiger partial charge is 0.0534 e. The molecule has 0 unspecified atom stereocenters. The molecule has 0 amide bonds. The van der Waals surface area contributed by atoms with Gasteiger partial charge in [0, 0.05) is 37.2 Å². The molecule has 2 aromatic carbocycles. The van der Waals surface area contributed by atoms with Gasteiger partial charge >= 0.3 is 0 Å². The standard InChI is InChI=1S/C24H26N2/c1-17(2)22-16-26(23-10-8-7-9-18(23)3)24(15-19(22)4)20-11-13-21(14-12-20)25(5)6/h7-16H,1,4H2,2-3,5-6H3. The van der Waals surface area contributed by atoms with Crippen molar-refractivity contribution in [1.82, 2.24) is 0 Å². The highest BCUT2D eigenvalue weighted by Crippen LogP contribution is 2.37. The molecule has 0 saturated heterocycles. The van der Waals surface area contributed by atoms with Crippen molar-refractivity contribution >= 4 is 17.1 Å². The van der Waals surface area contributed by atoms with Gasteiger partial charge in [0.05, 0.1) is 5.70 Å². The number of benzene rings is 2. The predicted molar refractivity (Wildman–Crippen MR) is 114 cm³/mol. The summed E-state index contributed by atoms with van der Waals surface area (Å²) in [6.07, 6.45) is 4.31. The maximum absolute atomic E-state index is 4.25. The van der Waals surface area contributed by atoms with Crippen LogP contribution in [0.25, 0.3) is 5.70 Å². The van der Waals surface area contributed by atoms with Crippen LogP contribution in [0, 0.1) is 6.92 Å². The maximum Gasteiger partial charge on any atom is 0.0534 e. The number of nitrogens with zero attached hydrogens (tertiary/aromatic N) is 2. The summed E-state index contributed by atoms with van der Waals surface area (Å²) < 4.78 is 0. The molecule has 0 fully saturated rings. The molecule has 2 heteroatoms. The Morgan fingerprint density at radius 3 is 2.23 bits per heavy atom. The Morgan fingerprint density at radius 1 is 1.00 bits per heavy atom. The third-order valence-electron chi connectivity index (χ3n) is 4.69. The lowest BCUT2D eigenvalue weighted by molar-refractivity contribution is 1.13. The van der Waals surface area contributed by atoms with Crippen LogP contribution in [0.15, 0.2) is 90.7 Å². The van der Waals surface area contributed by atoms with Gasteiger partial charge in [0.2, 0.25) is 0 Å². The largest absolute Gasteiger partial charge is 0.378 e. The van der Waals surface area contributed by atoms with Gasteiger partial charge in [-0.3, -0.25) is 0 Å². The van der Waals surface area contributed by atoms with Crippen LogP contribution >= 0.6 is 0 Å². The summed E-state index contributed by atoms with van der Waals surface area (Å²) >= 11 is 0. The van der Waals surface area contributed by atoms with E-state index in [0.29, 0.717) is 0 Å². The molecule has 1 aliphatic rings. The molecular formula is C24H26N2. The second-order valence-corrected chi connectivity index (χ2v) is 6.98. The van der Waals surface area contributed by atoms with Crippen molar-refractivity contribution in [3.05, 3.63) is 102 Å². The number of allylic oxidation sites excluding steroid dienone is 4. The fourth-order valence-corrected chi connectivity index (χ4v) is 3.16. The molecule has 1 aliphatic heterocycles. The van der Waals surface area contributed by atoms with E-state index in [4.69, 9.17) is 0 Å². The highest BCUT2D eigenvalue weighted by Gasteiger charge is 2.20. The Hall–Kier alpha value is -3.00. The molecule has 0 aromatic heterocycles. The predicted octanol–water partition coefficient (Wildman–Crippen LogP) is 5.94. The zero-order valence-electron chi connectivity index (χ0n) is 16.1. The van der Waals surface area contributed by atoms with Gasteiger partial charge in [-0.1, -0.05) is 43.5 Å². The van der Waals surface area contributed by atoms with Gasteiger partial charge in [-0.05, 0) is 60.4 Å². The van der Waals surface area contributed by atoms with Crippen LogP contribution in [0.2, 0.25) is 0 Å². The molecule has 0 spiro atoms. The maximum atomic E-state index is 4.25. The SMILES string of the molecule is C=C(C)C1=CN(c2ccccc2C)C(c2ccc(N(C)C)cc2)=CC1=C. The van der Waals surface area contributed by atoms with E-state index in [2.05, 4.69) is 105 Å². The van der Waals surface area contributed by atoms with Gasteiger partial charge in [0.25, 0.3) is 0 Å². The van der Waals surface area contributed by atoms with Crippen LogP contribution in [-0.4, -0.2) is 14.1 Å². The average molecular weight is 342 g/mol. The van der Waals surface area contributed by atoms with E-state index in [9.17, 15) is 0 Å². The number of para-hydroxylation sites is 1. The van der Waals surface area contributed by atoms with Crippen LogP contribution in [0.1, 0.15) is 18.1 Å². The first-order chi connectivity index (χ1) is 12.4. The number of hydrogen-bond acceptors (Lipinski definition) is 2. The van der Waals surface area contributed by atoms with Crippen LogP contribution in [0.4, 0.5) is 11.4 Å². The Kier molecular flexibility index (Phi) is 4.85. The highest BCUT2D eigenvalue weighted by atomic mass is 15.1. The lowest BCUT2D eigenvalue weighted by Gasteiger charge is -2.31. The Morgan fingerprint density at radius 2 is 1.65 bits per heavy atom. The number of hydrogen-bond donors (Lipinski definition) is 0. The van der Waals surface area contributed by atoms with Crippen molar-refractivity contribution in [1.29, 1.82) is 0 Å². The summed E-state index contributed by atoms with van der Waals surface area (Å²) in [6, 6.07) is 17.1. The molecule has 0 bridgehead atoms. The van der Waals surface area contributed by atoms with Crippen molar-refractivity contribution in [3.8, 4) is 0 Å². The quantitative estimate of drug-likeness (QED) is 0.678. The lowest BCUT2D eigenvalue weighted by Crippen LogP contribution is -2.20. The van der Waals surface area contributed by atoms with E-state index >= 15 is 0 Å². The molecule has 2 aromatic rings. The van der Waals surface area contributed by atoms with E-state index in [1.165, 1.54) is 16.9 Å². The molecule has 0 atom stereocenters. The van der Waals surface area contributed by atoms with Crippen molar-refractivity contribution in [2.24, 2.45) is 0 Å². The van der Waals surface area contributed by atoms with Gasteiger partial charge in [-0.2, -0.15) is 0 Å². The summed E-state index contributed by atoms with van der Waals surface area (Å²) in [4.78, 5) is 4.36. The van der Waals surface area contributed by atoms with E-state index in [0.717, 1.165) is 28.0 Å². The number of aryl methyl sites for hydroxylation is 1. The van der Waals surface area contributed by atoms with E-state index in [-0.39, 0.29) is 0 Å². The lowest BCUT2D eigenvalue weighted by atomic mass is 9.95. The van der Waals surface area contributed by atoms with Gasteiger partial charge < -0.3 is 9.80 Å². The molecule has 26 heavy (non-hydrogen) atoms. The zero-order chi connectivity index (χ0) is 18.8. The summed E-state index contributed by atoms with van der Waals surface area (Å²) in [5, 5.41) is 0.